The third-order valence-corrected chi connectivity index (χ3v) is 2.19. The van der Waals surface area contributed by atoms with E-state index in [-0.39, 0.29) is 12.4 Å². The SMILES string of the molecule is Cl.Fc1ccc(C[CH2][Zn])cc1F. The summed E-state index contributed by atoms with van der Waals surface area (Å²) >= 11 is 1.19. The van der Waals surface area contributed by atoms with E-state index in [0.29, 0.717) is 0 Å². The minimum absolute atomic E-state index is 0. The van der Waals surface area contributed by atoms with Gasteiger partial charge in [0.15, 0.2) is 0 Å². The zero-order valence-electron chi connectivity index (χ0n) is 6.52. The Morgan fingerprint density at radius 3 is 2.33 bits per heavy atom. The van der Waals surface area contributed by atoms with Gasteiger partial charge in [-0.1, -0.05) is 0 Å². The summed E-state index contributed by atoms with van der Waals surface area (Å²) in [5.74, 6) is -1.50. The molecule has 0 fully saturated rings. The first-order chi connectivity index (χ1) is 5.24. The van der Waals surface area contributed by atoms with Crippen LogP contribution in [-0.2, 0) is 24.7 Å². The molecule has 0 aliphatic heterocycles. The van der Waals surface area contributed by atoms with Crippen LogP contribution in [0.15, 0.2) is 18.2 Å². The fourth-order valence-electron chi connectivity index (χ4n) is 0.899. The standard InChI is InChI=1S/C8H7F2.ClH.Zn/c1-2-6-3-4-7(9)8(10)5-6;;/h3-5H,1-2H2;1H;. The normalized spacial score (nSPS) is 9.33. The monoisotopic (exact) mass is 241 g/mol. The number of benzene rings is 1. The fraction of sp³-hybridized carbons (Fsp3) is 0.250. The van der Waals surface area contributed by atoms with Crippen LogP contribution in [0.4, 0.5) is 8.78 Å². The Morgan fingerprint density at radius 1 is 1.17 bits per heavy atom. The Bertz CT molecular complexity index is 253. The minimum atomic E-state index is -0.763. The Morgan fingerprint density at radius 2 is 1.83 bits per heavy atom. The van der Waals surface area contributed by atoms with Crippen molar-refractivity contribution in [3.8, 4) is 0 Å². The molecule has 0 radical (unpaired) electrons. The topological polar surface area (TPSA) is 0 Å². The first kappa shape index (κ1) is 12.0. The molecule has 0 amide bonds. The molecule has 0 aliphatic carbocycles. The molecule has 0 unspecified atom stereocenters. The van der Waals surface area contributed by atoms with E-state index in [4.69, 9.17) is 0 Å². The van der Waals surface area contributed by atoms with Gasteiger partial charge in [-0.2, -0.15) is 0 Å². The molecule has 0 heterocycles. The van der Waals surface area contributed by atoms with E-state index in [1.54, 1.807) is 6.07 Å². The maximum absolute atomic E-state index is 12.5. The summed E-state index contributed by atoms with van der Waals surface area (Å²) in [5, 5.41) is 1.07. The Kier molecular flexibility index (Phi) is 5.60. The van der Waals surface area contributed by atoms with Crippen LogP contribution < -0.4 is 0 Å². The van der Waals surface area contributed by atoms with Crippen molar-refractivity contribution in [1.29, 1.82) is 0 Å². The average Bonchev–Trinajstić information content (AvgIpc) is 1.98. The van der Waals surface area contributed by atoms with Crippen molar-refractivity contribution >= 4 is 12.4 Å². The summed E-state index contributed by atoms with van der Waals surface area (Å²) in [6.07, 6.45) is 0.858. The van der Waals surface area contributed by atoms with Gasteiger partial charge in [-0.15, -0.1) is 12.4 Å². The van der Waals surface area contributed by atoms with Gasteiger partial charge in [0, 0.05) is 0 Å². The molecular formula is C8H8ClF2Zn. The number of hydrogen-bond donors (Lipinski definition) is 0. The van der Waals surface area contributed by atoms with Crippen LogP contribution in [0, 0.1) is 11.6 Å². The molecule has 1 aromatic carbocycles. The van der Waals surface area contributed by atoms with E-state index in [0.717, 1.165) is 17.0 Å². The van der Waals surface area contributed by atoms with E-state index >= 15 is 0 Å². The van der Waals surface area contributed by atoms with E-state index in [2.05, 4.69) is 0 Å². The quantitative estimate of drug-likeness (QED) is 0.700. The molecule has 0 nitrogen and oxygen atoms in total. The van der Waals surface area contributed by atoms with Gasteiger partial charge in [-0.3, -0.25) is 0 Å². The predicted octanol–water partition coefficient (Wildman–Crippen LogP) is 2.89. The average molecular weight is 243 g/mol. The molecule has 12 heavy (non-hydrogen) atoms. The molecule has 1 aromatic rings. The maximum atomic E-state index is 12.5. The van der Waals surface area contributed by atoms with Crippen molar-refractivity contribution < 1.29 is 27.1 Å². The number of rotatable bonds is 2. The molecule has 0 saturated heterocycles. The molecule has 0 atom stereocenters. The van der Waals surface area contributed by atoms with Crippen LogP contribution in [0.3, 0.4) is 0 Å². The summed E-state index contributed by atoms with van der Waals surface area (Å²) in [7, 11) is 0. The van der Waals surface area contributed by atoms with Gasteiger partial charge < -0.3 is 0 Å². The zero-order valence-corrected chi connectivity index (χ0v) is 10.3. The second-order valence-electron chi connectivity index (χ2n) is 2.35. The molecule has 0 bridgehead atoms. The van der Waals surface area contributed by atoms with Crippen molar-refractivity contribution in [3.63, 3.8) is 0 Å². The second kappa shape index (κ2) is 5.61. The number of halogens is 3. The molecule has 63 valence electrons. The van der Waals surface area contributed by atoms with Gasteiger partial charge in [-0.25, -0.2) is 0 Å². The van der Waals surface area contributed by atoms with Crippen LogP contribution in [-0.4, -0.2) is 0 Å². The Hall–Kier alpha value is -0.00662. The van der Waals surface area contributed by atoms with Crippen LogP contribution in [0.25, 0.3) is 0 Å². The summed E-state index contributed by atoms with van der Waals surface area (Å²) in [6.45, 7) is 0. The van der Waals surface area contributed by atoms with Crippen LogP contribution in [0.2, 0.25) is 5.02 Å². The van der Waals surface area contributed by atoms with Crippen molar-refractivity contribution in [2.75, 3.05) is 0 Å². The molecule has 0 aromatic heterocycles. The molecule has 1 rings (SSSR count). The molecule has 0 spiro atoms. The van der Waals surface area contributed by atoms with Crippen molar-refractivity contribution in [2.24, 2.45) is 0 Å². The zero-order chi connectivity index (χ0) is 8.27. The van der Waals surface area contributed by atoms with Crippen LogP contribution in [0.1, 0.15) is 5.56 Å². The first-order valence-corrected chi connectivity index (χ1v) is 5.57. The van der Waals surface area contributed by atoms with Gasteiger partial charge in [0.2, 0.25) is 0 Å². The predicted molar refractivity (Wildman–Crippen MR) is 42.1 cm³/mol. The van der Waals surface area contributed by atoms with Gasteiger partial charge in [-0.05, 0) is 0 Å². The Balaban J connectivity index is 0.00000121. The third-order valence-electron chi connectivity index (χ3n) is 1.45. The van der Waals surface area contributed by atoms with Crippen molar-refractivity contribution in [2.45, 2.75) is 11.4 Å². The number of aryl methyl sites for hydroxylation is 1. The van der Waals surface area contributed by atoms with E-state index in [1.165, 1.54) is 30.4 Å². The molecule has 0 saturated carbocycles. The van der Waals surface area contributed by atoms with Gasteiger partial charge in [0.1, 0.15) is 0 Å². The fourth-order valence-corrected chi connectivity index (χ4v) is 1.76. The van der Waals surface area contributed by atoms with E-state index in [9.17, 15) is 8.78 Å². The van der Waals surface area contributed by atoms with E-state index in [1.807, 2.05) is 0 Å². The van der Waals surface area contributed by atoms with Crippen molar-refractivity contribution in [1.82, 2.24) is 0 Å². The molecule has 0 N–H and O–H groups in total. The van der Waals surface area contributed by atoms with Gasteiger partial charge >= 0.3 is 73.9 Å². The molecule has 0 aliphatic rings. The summed E-state index contributed by atoms with van der Waals surface area (Å²) in [5.41, 5.74) is 0.884. The molecular weight excluding hydrogens is 235 g/mol. The van der Waals surface area contributed by atoms with Gasteiger partial charge in [0.25, 0.3) is 0 Å². The van der Waals surface area contributed by atoms with Crippen LogP contribution >= 0.6 is 12.4 Å². The second-order valence-corrected chi connectivity index (χ2v) is 3.84. The van der Waals surface area contributed by atoms with E-state index < -0.39 is 11.6 Å². The third kappa shape index (κ3) is 3.16. The summed E-state index contributed by atoms with van der Waals surface area (Å²) in [4.78, 5) is 0. The summed E-state index contributed by atoms with van der Waals surface area (Å²) in [6, 6.07) is 4.08. The van der Waals surface area contributed by atoms with Gasteiger partial charge in [0.05, 0.1) is 0 Å². The van der Waals surface area contributed by atoms with Crippen LogP contribution in [0.5, 0.6) is 0 Å². The molecule has 4 heteroatoms. The first-order valence-electron chi connectivity index (χ1n) is 3.47. The Labute approximate surface area is 86.4 Å². The number of hydrogen-bond acceptors (Lipinski definition) is 0. The van der Waals surface area contributed by atoms with Crippen molar-refractivity contribution in [3.05, 3.63) is 35.4 Å². The summed E-state index contributed by atoms with van der Waals surface area (Å²) < 4.78 is 24.9.